The molecule has 0 aromatic carbocycles. The van der Waals surface area contributed by atoms with Crippen LogP contribution < -0.4 is 16.1 Å². The van der Waals surface area contributed by atoms with Crippen LogP contribution in [0.2, 0.25) is 0 Å². The molecule has 2 heterocycles. The molecule has 3 N–H and O–H groups in total. The number of piperidine rings is 2. The molecule has 0 aromatic rings. The standard InChI is InChI=1S/C22H44N4O/c1-11-18(27)23-17-14-21(7,8)26(22(9,10)15(17)2)24-16-12-19(3,4)25-20(5,6)13-16/h15-17,24-25H,11-14H2,1-10H3,(H,23,27). The molecule has 2 fully saturated rings. The normalized spacial score (nSPS) is 32.8. The van der Waals surface area contributed by atoms with Crippen molar-refractivity contribution in [2.45, 2.75) is 129 Å². The van der Waals surface area contributed by atoms with Crippen LogP contribution in [0.5, 0.6) is 0 Å². The third kappa shape index (κ3) is 5.04. The second-order valence-corrected chi connectivity index (χ2v) is 11.4. The summed E-state index contributed by atoms with van der Waals surface area (Å²) < 4.78 is 0. The summed E-state index contributed by atoms with van der Waals surface area (Å²) in [5, 5.41) is 9.56. The van der Waals surface area contributed by atoms with E-state index in [0.29, 0.717) is 18.4 Å². The molecule has 2 aliphatic rings. The maximum atomic E-state index is 12.0. The predicted octanol–water partition coefficient (Wildman–Crippen LogP) is 3.59. The van der Waals surface area contributed by atoms with Crippen molar-refractivity contribution in [3.05, 3.63) is 0 Å². The van der Waals surface area contributed by atoms with Crippen molar-refractivity contribution >= 4 is 5.91 Å². The minimum atomic E-state index is -0.0629. The van der Waals surface area contributed by atoms with Gasteiger partial charge in [0.1, 0.15) is 0 Å². The van der Waals surface area contributed by atoms with Crippen LogP contribution in [0.3, 0.4) is 0 Å². The summed E-state index contributed by atoms with van der Waals surface area (Å²) in [7, 11) is 0. The first kappa shape index (κ1) is 22.6. The quantitative estimate of drug-likeness (QED) is 0.697. The largest absolute Gasteiger partial charge is 0.353 e. The zero-order valence-corrected chi connectivity index (χ0v) is 19.4. The number of nitrogens with zero attached hydrogens (tertiary/aromatic N) is 1. The molecule has 2 rings (SSSR count). The van der Waals surface area contributed by atoms with Crippen LogP contribution in [-0.2, 0) is 4.79 Å². The van der Waals surface area contributed by atoms with E-state index in [1.54, 1.807) is 0 Å². The van der Waals surface area contributed by atoms with Crippen molar-refractivity contribution in [1.29, 1.82) is 0 Å². The maximum Gasteiger partial charge on any atom is 0.219 e. The first-order valence-corrected chi connectivity index (χ1v) is 10.7. The first-order valence-electron chi connectivity index (χ1n) is 10.7. The van der Waals surface area contributed by atoms with E-state index in [1.807, 2.05) is 6.92 Å². The minimum Gasteiger partial charge on any atom is -0.353 e. The first-order chi connectivity index (χ1) is 12.1. The third-order valence-corrected chi connectivity index (χ3v) is 6.79. The molecule has 2 aliphatic heterocycles. The van der Waals surface area contributed by atoms with E-state index in [4.69, 9.17) is 0 Å². The molecule has 158 valence electrons. The second kappa shape index (κ2) is 7.31. The van der Waals surface area contributed by atoms with Crippen LogP contribution in [0.15, 0.2) is 0 Å². The van der Waals surface area contributed by atoms with E-state index >= 15 is 0 Å². The highest BCUT2D eigenvalue weighted by molar-refractivity contribution is 5.75. The Balaban J connectivity index is 2.22. The minimum absolute atomic E-state index is 0.0408. The molecular weight excluding hydrogens is 336 g/mol. The van der Waals surface area contributed by atoms with Crippen LogP contribution in [0.4, 0.5) is 0 Å². The fraction of sp³-hybridized carbons (Fsp3) is 0.955. The monoisotopic (exact) mass is 380 g/mol. The van der Waals surface area contributed by atoms with Gasteiger partial charge in [0, 0.05) is 40.7 Å². The average molecular weight is 381 g/mol. The Kier molecular flexibility index (Phi) is 6.13. The van der Waals surface area contributed by atoms with E-state index in [9.17, 15) is 4.79 Å². The van der Waals surface area contributed by atoms with Gasteiger partial charge < -0.3 is 10.6 Å². The summed E-state index contributed by atoms with van der Waals surface area (Å²) in [6.45, 7) is 22.6. The number of nitrogens with one attached hydrogen (secondary N) is 3. The van der Waals surface area contributed by atoms with Crippen molar-refractivity contribution in [3.8, 4) is 0 Å². The molecule has 0 spiro atoms. The Bertz CT molecular complexity index is 537. The van der Waals surface area contributed by atoms with Gasteiger partial charge in [0.25, 0.3) is 0 Å². The third-order valence-electron chi connectivity index (χ3n) is 6.79. The van der Waals surface area contributed by atoms with Gasteiger partial charge in [-0.1, -0.05) is 13.8 Å². The van der Waals surface area contributed by atoms with Gasteiger partial charge in [0.15, 0.2) is 0 Å². The molecule has 2 unspecified atom stereocenters. The van der Waals surface area contributed by atoms with Crippen LogP contribution in [0, 0.1) is 5.92 Å². The molecule has 2 saturated heterocycles. The van der Waals surface area contributed by atoms with Gasteiger partial charge in [0.2, 0.25) is 5.91 Å². The summed E-state index contributed by atoms with van der Waals surface area (Å²) in [5.74, 6) is 0.512. The average Bonchev–Trinajstić information content (AvgIpc) is 2.46. The molecule has 0 aromatic heterocycles. The highest BCUT2D eigenvalue weighted by Gasteiger charge is 2.51. The Morgan fingerprint density at radius 2 is 1.52 bits per heavy atom. The molecule has 27 heavy (non-hydrogen) atoms. The van der Waals surface area contributed by atoms with E-state index in [0.717, 1.165) is 19.3 Å². The highest BCUT2D eigenvalue weighted by Crippen LogP contribution is 2.42. The smallest absolute Gasteiger partial charge is 0.219 e. The Morgan fingerprint density at radius 1 is 1.00 bits per heavy atom. The van der Waals surface area contributed by atoms with Crippen molar-refractivity contribution < 1.29 is 4.79 Å². The topological polar surface area (TPSA) is 56.4 Å². The number of carbonyl (C=O) groups is 1. The van der Waals surface area contributed by atoms with E-state index in [1.165, 1.54) is 0 Å². The van der Waals surface area contributed by atoms with E-state index in [2.05, 4.69) is 83.4 Å². The number of hydrogen-bond acceptors (Lipinski definition) is 4. The van der Waals surface area contributed by atoms with Gasteiger partial charge in [0.05, 0.1) is 0 Å². The van der Waals surface area contributed by atoms with Crippen molar-refractivity contribution in [1.82, 2.24) is 21.1 Å². The molecule has 5 heteroatoms. The number of hydrogen-bond donors (Lipinski definition) is 3. The number of hydrazine groups is 1. The lowest BCUT2D eigenvalue weighted by molar-refractivity contribution is -0.136. The van der Waals surface area contributed by atoms with Crippen molar-refractivity contribution in [2.24, 2.45) is 5.92 Å². The van der Waals surface area contributed by atoms with Crippen molar-refractivity contribution in [3.63, 3.8) is 0 Å². The predicted molar refractivity (Wildman–Crippen MR) is 113 cm³/mol. The lowest BCUT2D eigenvalue weighted by atomic mass is 9.71. The molecule has 0 saturated carbocycles. The summed E-state index contributed by atoms with van der Waals surface area (Å²) in [4.78, 5) is 12.0. The lowest BCUT2D eigenvalue weighted by Gasteiger charge is -2.60. The van der Waals surface area contributed by atoms with Gasteiger partial charge in [-0.2, -0.15) is 0 Å². The Labute approximate surface area is 167 Å². The number of amides is 1. The summed E-state index contributed by atoms with van der Waals surface area (Å²) >= 11 is 0. The van der Waals surface area contributed by atoms with Crippen LogP contribution in [-0.4, -0.2) is 45.2 Å². The summed E-state index contributed by atoms with van der Waals surface area (Å²) in [5.41, 5.74) is 4.08. The lowest BCUT2D eigenvalue weighted by Crippen LogP contribution is -2.74. The molecule has 0 aliphatic carbocycles. The van der Waals surface area contributed by atoms with E-state index < -0.39 is 0 Å². The van der Waals surface area contributed by atoms with Crippen molar-refractivity contribution in [2.75, 3.05) is 0 Å². The second-order valence-electron chi connectivity index (χ2n) is 11.4. The number of rotatable bonds is 4. The maximum absolute atomic E-state index is 12.0. The molecular formula is C22H44N4O. The highest BCUT2D eigenvalue weighted by atomic mass is 16.1. The van der Waals surface area contributed by atoms with Gasteiger partial charge >= 0.3 is 0 Å². The zero-order chi connectivity index (χ0) is 20.8. The molecule has 2 atom stereocenters. The van der Waals surface area contributed by atoms with E-state index in [-0.39, 0.29) is 34.1 Å². The molecule has 0 bridgehead atoms. The summed E-state index contributed by atoms with van der Waals surface area (Å²) in [6.07, 6.45) is 3.70. The van der Waals surface area contributed by atoms with Crippen LogP contribution in [0.1, 0.15) is 94.9 Å². The molecule has 0 radical (unpaired) electrons. The van der Waals surface area contributed by atoms with Gasteiger partial charge in [-0.3, -0.25) is 10.2 Å². The van der Waals surface area contributed by atoms with Gasteiger partial charge in [-0.15, -0.1) is 0 Å². The molecule has 5 nitrogen and oxygen atoms in total. The fourth-order valence-electron chi connectivity index (χ4n) is 5.70. The fourth-order valence-corrected chi connectivity index (χ4v) is 5.70. The van der Waals surface area contributed by atoms with Crippen LogP contribution >= 0.6 is 0 Å². The Morgan fingerprint density at radius 3 is 2.00 bits per heavy atom. The SMILES string of the molecule is CCC(=O)NC1CC(C)(C)N(NC2CC(C)(C)NC(C)(C)C2)C(C)(C)C1C. The Hall–Kier alpha value is -0.650. The molecule has 1 amide bonds. The summed E-state index contributed by atoms with van der Waals surface area (Å²) in [6, 6.07) is 0.644. The van der Waals surface area contributed by atoms with Gasteiger partial charge in [-0.05, 0) is 80.6 Å². The van der Waals surface area contributed by atoms with Crippen LogP contribution in [0.25, 0.3) is 0 Å². The zero-order valence-electron chi connectivity index (χ0n) is 19.4. The number of carbonyl (C=O) groups excluding carboxylic acids is 1. The van der Waals surface area contributed by atoms with Gasteiger partial charge in [-0.25, -0.2) is 5.01 Å².